The second-order valence-corrected chi connectivity index (χ2v) is 8.32. The average Bonchev–Trinajstić information content (AvgIpc) is 2.50. The lowest BCUT2D eigenvalue weighted by Gasteiger charge is -2.20. The van der Waals surface area contributed by atoms with Gasteiger partial charge in [0.05, 0.1) is 12.8 Å². The van der Waals surface area contributed by atoms with Crippen LogP contribution in [0.2, 0.25) is 0 Å². The first-order valence-corrected chi connectivity index (χ1v) is 9.88. The number of nitrogens with one attached hydrogen (secondary N) is 1. The Morgan fingerprint density at radius 3 is 2.12 bits per heavy atom. The molecule has 0 aliphatic heterocycles. The van der Waals surface area contributed by atoms with E-state index in [1.807, 2.05) is 63.2 Å². The number of carbonyl (C=O) groups is 1. The van der Waals surface area contributed by atoms with E-state index in [0.717, 1.165) is 34.2 Å². The summed E-state index contributed by atoms with van der Waals surface area (Å²) in [5, 5.41) is 2.85. The minimum Gasteiger partial charge on any atom is -0.324 e. The maximum absolute atomic E-state index is 12.4. The molecule has 25 heavy (non-hydrogen) atoms. The normalized spacial score (nSPS) is 11.6. The highest BCUT2D eigenvalue weighted by molar-refractivity contribution is 7.88. The monoisotopic (exact) mass is 360 g/mol. The Morgan fingerprint density at radius 1 is 1.04 bits per heavy atom. The lowest BCUT2D eigenvalue weighted by Crippen LogP contribution is -2.37. The predicted molar refractivity (Wildman–Crippen MR) is 101 cm³/mol. The van der Waals surface area contributed by atoms with Crippen LogP contribution in [0.4, 0.5) is 5.69 Å². The van der Waals surface area contributed by atoms with Gasteiger partial charge in [0.1, 0.15) is 0 Å². The quantitative estimate of drug-likeness (QED) is 0.861. The number of amides is 1. The van der Waals surface area contributed by atoms with Crippen LogP contribution in [0.15, 0.2) is 42.5 Å². The van der Waals surface area contributed by atoms with Crippen molar-refractivity contribution >= 4 is 21.6 Å². The van der Waals surface area contributed by atoms with Crippen molar-refractivity contribution in [3.63, 3.8) is 0 Å². The van der Waals surface area contributed by atoms with E-state index in [-0.39, 0.29) is 19.0 Å². The van der Waals surface area contributed by atoms with E-state index in [4.69, 9.17) is 0 Å². The van der Waals surface area contributed by atoms with Crippen molar-refractivity contribution in [1.29, 1.82) is 0 Å². The standard InChI is InChI=1S/C19H24N2O3S/c1-14-10-15(2)19(16(3)11-14)20-18(22)13-21(25(4,23)24)12-17-8-6-5-7-9-17/h5-11H,12-13H2,1-4H3,(H,20,22). The lowest BCUT2D eigenvalue weighted by atomic mass is 10.1. The minimum atomic E-state index is -3.50. The molecule has 5 nitrogen and oxygen atoms in total. The molecule has 0 aromatic heterocycles. The van der Waals surface area contributed by atoms with Crippen molar-refractivity contribution in [1.82, 2.24) is 4.31 Å². The van der Waals surface area contributed by atoms with Gasteiger partial charge >= 0.3 is 0 Å². The molecule has 2 aromatic carbocycles. The first-order valence-electron chi connectivity index (χ1n) is 8.03. The molecule has 0 spiro atoms. The number of benzene rings is 2. The second-order valence-electron chi connectivity index (χ2n) is 6.34. The van der Waals surface area contributed by atoms with E-state index in [0.29, 0.717) is 0 Å². The molecule has 0 aliphatic carbocycles. The third-order valence-electron chi connectivity index (χ3n) is 3.93. The molecule has 0 saturated heterocycles. The average molecular weight is 360 g/mol. The van der Waals surface area contributed by atoms with Crippen molar-refractivity contribution in [2.45, 2.75) is 27.3 Å². The van der Waals surface area contributed by atoms with Crippen LogP contribution >= 0.6 is 0 Å². The minimum absolute atomic E-state index is 0.166. The number of anilines is 1. The molecular weight excluding hydrogens is 336 g/mol. The van der Waals surface area contributed by atoms with Crippen molar-refractivity contribution in [3.8, 4) is 0 Å². The molecule has 0 fully saturated rings. The number of hydrogen-bond donors (Lipinski definition) is 1. The highest BCUT2D eigenvalue weighted by Gasteiger charge is 2.21. The van der Waals surface area contributed by atoms with Crippen LogP contribution in [-0.2, 0) is 21.4 Å². The van der Waals surface area contributed by atoms with E-state index in [9.17, 15) is 13.2 Å². The zero-order valence-electron chi connectivity index (χ0n) is 15.0. The summed E-state index contributed by atoms with van der Waals surface area (Å²) in [6, 6.07) is 13.2. The van der Waals surface area contributed by atoms with Crippen LogP contribution in [0.25, 0.3) is 0 Å². The number of hydrogen-bond acceptors (Lipinski definition) is 3. The Hall–Kier alpha value is -2.18. The molecule has 134 valence electrons. The first-order chi connectivity index (χ1) is 11.7. The Labute approximate surface area is 149 Å². The zero-order chi connectivity index (χ0) is 18.6. The third-order valence-corrected chi connectivity index (χ3v) is 5.13. The van der Waals surface area contributed by atoms with E-state index in [1.165, 1.54) is 4.31 Å². The topological polar surface area (TPSA) is 66.5 Å². The second kappa shape index (κ2) is 7.80. The number of carbonyl (C=O) groups excluding carboxylic acids is 1. The van der Waals surface area contributed by atoms with Gasteiger partial charge in [-0.2, -0.15) is 4.31 Å². The van der Waals surface area contributed by atoms with Crippen molar-refractivity contribution < 1.29 is 13.2 Å². The number of sulfonamides is 1. The smallest absolute Gasteiger partial charge is 0.239 e. The lowest BCUT2D eigenvalue weighted by molar-refractivity contribution is -0.116. The Morgan fingerprint density at radius 2 is 1.60 bits per heavy atom. The molecule has 0 saturated carbocycles. The van der Waals surface area contributed by atoms with Gasteiger partial charge in [0.15, 0.2) is 0 Å². The summed E-state index contributed by atoms with van der Waals surface area (Å²) in [5.41, 5.74) is 4.61. The third kappa shape index (κ3) is 5.41. The summed E-state index contributed by atoms with van der Waals surface area (Å²) in [4.78, 5) is 12.4. The summed E-state index contributed by atoms with van der Waals surface area (Å²) in [6.45, 7) is 5.79. The largest absolute Gasteiger partial charge is 0.324 e. The highest BCUT2D eigenvalue weighted by Crippen LogP contribution is 2.22. The first kappa shape index (κ1) is 19.1. The molecule has 0 bridgehead atoms. The van der Waals surface area contributed by atoms with Gasteiger partial charge < -0.3 is 5.32 Å². The zero-order valence-corrected chi connectivity index (χ0v) is 15.9. The Kier molecular flexibility index (Phi) is 5.98. The number of rotatable bonds is 6. The molecule has 0 heterocycles. The van der Waals surface area contributed by atoms with E-state index >= 15 is 0 Å². The van der Waals surface area contributed by atoms with Crippen LogP contribution in [0.5, 0.6) is 0 Å². The number of aryl methyl sites for hydroxylation is 3. The summed E-state index contributed by atoms with van der Waals surface area (Å²) < 4.78 is 25.3. The van der Waals surface area contributed by atoms with Crippen LogP contribution in [0.1, 0.15) is 22.3 Å². The molecular formula is C19H24N2O3S. The van der Waals surface area contributed by atoms with E-state index in [2.05, 4.69) is 5.32 Å². The Balaban J connectivity index is 2.15. The van der Waals surface area contributed by atoms with E-state index in [1.54, 1.807) is 0 Å². The molecule has 6 heteroatoms. The van der Waals surface area contributed by atoms with Crippen LogP contribution in [-0.4, -0.2) is 31.4 Å². The van der Waals surface area contributed by atoms with Gasteiger partial charge in [-0.25, -0.2) is 8.42 Å². The van der Waals surface area contributed by atoms with Gasteiger partial charge in [0, 0.05) is 12.2 Å². The van der Waals surface area contributed by atoms with Crippen LogP contribution in [0, 0.1) is 20.8 Å². The highest BCUT2D eigenvalue weighted by atomic mass is 32.2. The summed E-state index contributed by atoms with van der Waals surface area (Å²) in [7, 11) is -3.50. The molecule has 0 aliphatic rings. The number of nitrogens with zero attached hydrogens (tertiary/aromatic N) is 1. The van der Waals surface area contributed by atoms with Gasteiger partial charge in [0.2, 0.25) is 15.9 Å². The van der Waals surface area contributed by atoms with Gasteiger partial charge in [-0.1, -0.05) is 48.0 Å². The van der Waals surface area contributed by atoms with Gasteiger partial charge in [-0.05, 0) is 37.5 Å². The maximum atomic E-state index is 12.4. The van der Waals surface area contributed by atoms with Crippen molar-refractivity contribution in [2.75, 3.05) is 18.1 Å². The van der Waals surface area contributed by atoms with Crippen molar-refractivity contribution in [2.24, 2.45) is 0 Å². The molecule has 1 amide bonds. The molecule has 0 radical (unpaired) electrons. The van der Waals surface area contributed by atoms with Gasteiger partial charge in [-0.15, -0.1) is 0 Å². The summed E-state index contributed by atoms with van der Waals surface area (Å²) in [6.07, 6.45) is 1.12. The fourth-order valence-electron chi connectivity index (χ4n) is 2.79. The van der Waals surface area contributed by atoms with Crippen molar-refractivity contribution in [3.05, 3.63) is 64.7 Å². The fraction of sp³-hybridized carbons (Fsp3) is 0.316. The molecule has 0 atom stereocenters. The van der Waals surface area contributed by atoms with E-state index < -0.39 is 10.0 Å². The predicted octanol–water partition coefficient (Wildman–Crippen LogP) is 3.01. The molecule has 0 unspecified atom stereocenters. The fourth-order valence-corrected chi connectivity index (χ4v) is 3.53. The molecule has 1 N–H and O–H groups in total. The SMILES string of the molecule is Cc1cc(C)c(NC(=O)CN(Cc2ccccc2)S(C)(=O)=O)c(C)c1. The summed E-state index contributed by atoms with van der Waals surface area (Å²) in [5.74, 6) is -0.351. The Bertz CT molecular complexity index is 838. The van der Waals surface area contributed by atoms with Crippen LogP contribution in [0.3, 0.4) is 0 Å². The maximum Gasteiger partial charge on any atom is 0.239 e. The van der Waals surface area contributed by atoms with Gasteiger partial charge in [0.25, 0.3) is 0 Å². The molecule has 2 rings (SSSR count). The van der Waals surface area contributed by atoms with Gasteiger partial charge in [-0.3, -0.25) is 4.79 Å². The molecule has 2 aromatic rings. The van der Waals surface area contributed by atoms with Crippen LogP contribution < -0.4 is 5.32 Å². The summed E-state index contributed by atoms with van der Waals surface area (Å²) >= 11 is 0.